The Morgan fingerprint density at radius 2 is 1.57 bits per heavy atom. The van der Waals surface area contributed by atoms with Gasteiger partial charge in [-0.2, -0.15) is 0 Å². The molecule has 0 fully saturated rings. The lowest BCUT2D eigenvalue weighted by Crippen LogP contribution is -2.30. The first-order valence-electron chi connectivity index (χ1n) is 6.53. The molecule has 2 amide bonds. The average Bonchev–Trinajstić information content (AvgIpc) is 2.72. The molecule has 2 aromatic rings. The molecule has 1 aliphatic rings. The van der Waals surface area contributed by atoms with Crippen LogP contribution >= 0.6 is 0 Å². The molecule has 2 aromatic carbocycles. The van der Waals surface area contributed by atoms with Gasteiger partial charge in [0.05, 0.1) is 28.8 Å². The lowest BCUT2D eigenvalue weighted by molar-refractivity contribution is 0.0926. The fourth-order valence-corrected chi connectivity index (χ4v) is 2.96. The summed E-state index contributed by atoms with van der Waals surface area (Å²) in [5.74, 6) is -1.96. The second-order valence-corrected chi connectivity index (χ2v) is 6.78. The van der Waals surface area contributed by atoms with Gasteiger partial charge in [-0.25, -0.2) is 17.7 Å². The Morgan fingerprint density at radius 3 is 2.09 bits per heavy atom. The summed E-state index contributed by atoms with van der Waals surface area (Å²) in [6.07, 6.45) is 0.919. The van der Waals surface area contributed by atoms with Crippen molar-refractivity contribution in [3.8, 4) is 0 Å². The number of hydrogen-bond acceptors (Lipinski definition) is 4. The highest BCUT2D eigenvalue weighted by molar-refractivity contribution is 7.92. The number of rotatable bonds is 3. The van der Waals surface area contributed by atoms with Gasteiger partial charge in [-0.1, -0.05) is 12.1 Å². The summed E-state index contributed by atoms with van der Waals surface area (Å²) < 4.78 is 38.7. The van der Waals surface area contributed by atoms with Gasteiger partial charge >= 0.3 is 0 Å². The van der Waals surface area contributed by atoms with E-state index in [-0.39, 0.29) is 22.5 Å². The number of hydrogen-bond donors (Lipinski definition) is 1. The van der Waals surface area contributed by atoms with Crippen LogP contribution in [0.3, 0.4) is 0 Å². The summed E-state index contributed by atoms with van der Waals surface area (Å²) >= 11 is 0. The van der Waals surface area contributed by atoms with Gasteiger partial charge in [0, 0.05) is 6.07 Å². The number of nitrogens with zero attached hydrogens (tertiary/aromatic N) is 1. The maximum absolute atomic E-state index is 13.6. The molecule has 0 radical (unpaired) electrons. The van der Waals surface area contributed by atoms with Crippen molar-refractivity contribution in [2.75, 3.05) is 15.9 Å². The quantitative estimate of drug-likeness (QED) is 0.870. The Balaban J connectivity index is 2.15. The van der Waals surface area contributed by atoms with Crippen molar-refractivity contribution in [1.82, 2.24) is 0 Å². The zero-order valence-electron chi connectivity index (χ0n) is 11.9. The minimum absolute atomic E-state index is 0.0524. The minimum atomic E-state index is -3.67. The second-order valence-electron chi connectivity index (χ2n) is 5.03. The number of carbonyl (C=O) groups excluding carboxylic acids is 2. The number of nitrogens with one attached hydrogen (secondary N) is 1. The van der Waals surface area contributed by atoms with Crippen LogP contribution in [0.1, 0.15) is 20.7 Å². The van der Waals surface area contributed by atoms with Crippen LogP contribution in [-0.2, 0) is 10.0 Å². The second kappa shape index (κ2) is 5.17. The van der Waals surface area contributed by atoms with Crippen molar-refractivity contribution in [1.29, 1.82) is 0 Å². The predicted octanol–water partition coefficient (Wildman–Crippen LogP) is 2.00. The van der Waals surface area contributed by atoms with Crippen LogP contribution in [0.5, 0.6) is 0 Å². The molecule has 118 valence electrons. The minimum Gasteiger partial charge on any atom is -0.282 e. The Labute approximate surface area is 131 Å². The lowest BCUT2D eigenvalue weighted by atomic mass is 10.1. The van der Waals surface area contributed by atoms with Crippen molar-refractivity contribution in [3.63, 3.8) is 0 Å². The Hall–Kier alpha value is -2.74. The third-order valence-corrected chi connectivity index (χ3v) is 3.88. The van der Waals surface area contributed by atoms with Crippen LogP contribution in [0, 0.1) is 5.82 Å². The zero-order chi connectivity index (χ0) is 16.8. The van der Waals surface area contributed by atoms with Gasteiger partial charge in [0.15, 0.2) is 0 Å². The van der Waals surface area contributed by atoms with E-state index in [4.69, 9.17) is 0 Å². The first-order valence-corrected chi connectivity index (χ1v) is 8.42. The van der Waals surface area contributed by atoms with Gasteiger partial charge in [0.25, 0.3) is 11.8 Å². The highest BCUT2D eigenvalue weighted by atomic mass is 32.2. The van der Waals surface area contributed by atoms with Crippen LogP contribution in [0.25, 0.3) is 0 Å². The summed E-state index contributed by atoms with van der Waals surface area (Å²) in [5, 5.41) is 0. The molecule has 0 bridgehead atoms. The molecular weight excluding hydrogens is 323 g/mol. The molecule has 0 aromatic heterocycles. The van der Waals surface area contributed by atoms with Crippen molar-refractivity contribution in [3.05, 3.63) is 59.4 Å². The first kappa shape index (κ1) is 15.2. The van der Waals surface area contributed by atoms with Gasteiger partial charge in [-0.15, -0.1) is 0 Å². The summed E-state index contributed by atoms with van der Waals surface area (Å²) in [5.41, 5.74) is 0.171. The molecule has 0 aliphatic carbocycles. The zero-order valence-corrected chi connectivity index (χ0v) is 12.7. The normalized spacial score (nSPS) is 14.1. The fourth-order valence-electron chi connectivity index (χ4n) is 2.38. The Kier molecular flexibility index (Phi) is 3.41. The van der Waals surface area contributed by atoms with Gasteiger partial charge in [-0.05, 0) is 24.3 Å². The highest BCUT2D eigenvalue weighted by Gasteiger charge is 2.37. The van der Waals surface area contributed by atoms with Crippen LogP contribution in [0.15, 0.2) is 42.5 Å². The van der Waals surface area contributed by atoms with E-state index in [1.807, 2.05) is 0 Å². The molecule has 0 saturated carbocycles. The van der Waals surface area contributed by atoms with E-state index >= 15 is 0 Å². The van der Waals surface area contributed by atoms with E-state index < -0.39 is 27.7 Å². The number of fused-ring (bicyclic) bond motifs is 1. The molecular formula is C15H11FN2O4S. The van der Waals surface area contributed by atoms with Gasteiger partial charge in [0.1, 0.15) is 5.82 Å². The molecule has 3 rings (SSSR count). The molecule has 0 unspecified atom stereocenters. The molecule has 8 heteroatoms. The third-order valence-electron chi connectivity index (χ3n) is 3.29. The van der Waals surface area contributed by atoms with E-state index in [1.54, 1.807) is 12.1 Å². The standard InChI is InChI=1S/C15H11FN2O4S/c1-23(21,22)17-12-7-6-9(16)8-13(12)18-14(19)10-4-2-3-5-11(10)15(18)20/h2-8,17H,1H3. The molecule has 1 heterocycles. The topological polar surface area (TPSA) is 83.6 Å². The monoisotopic (exact) mass is 334 g/mol. The van der Waals surface area contributed by atoms with Gasteiger partial charge in [0.2, 0.25) is 10.0 Å². The molecule has 0 spiro atoms. The summed E-state index contributed by atoms with van der Waals surface area (Å²) in [7, 11) is -3.67. The maximum atomic E-state index is 13.6. The van der Waals surface area contributed by atoms with Crippen LogP contribution < -0.4 is 9.62 Å². The molecule has 0 saturated heterocycles. The van der Waals surface area contributed by atoms with E-state index in [2.05, 4.69) is 4.72 Å². The number of benzene rings is 2. The van der Waals surface area contributed by atoms with Crippen molar-refractivity contribution in [2.24, 2.45) is 0 Å². The SMILES string of the molecule is CS(=O)(=O)Nc1ccc(F)cc1N1C(=O)c2ccccc2C1=O. The third kappa shape index (κ3) is 2.68. The van der Waals surface area contributed by atoms with Crippen molar-refractivity contribution in [2.45, 2.75) is 0 Å². The predicted molar refractivity (Wildman–Crippen MR) is 82.4 cm³/mol. The smallest absolute Gasteiger partial charge is 0.266 e. The molecule has 23 heavy (non-hydrogen) atoms. The summed E-state index contributed by atoms with van der Waals surface area (Å²) in [6.45, 7) is 0. The number of halogens is 1. The van der Waals surface area contributed by atoms with Gasteiger partial charge < -0.3 is 0 Å². The Morgan fingerprint density at radius 1 is 1.00 bits per heavy atom. The summed E-state index contributed by atoms with van der Waals surface area (Å²) in [4.78, 5) is 25.6. The van der Waals surface area contributed by atoms with E-state index in [0.717, 1.165) is 29.4 Å². The van der Waals surface area contributed by atoms with Crippen molar-refractivity contribution >= 4 is 33.2 Å². The molecule has 1 aliphatic heterocycles. The van der Waals surface area contributed by atoms with E-state index in [0.29, 0.717) is 0 Å². The maximum Gasteiger partial charge on any atom is 0.266 e. The lowest BCUT2D eigenvalue weighted by Gasteiger charge is -2.18. The summed E-state index contributed by atoms with van der Waals surface area (Å²) in [6, 6.07) is 9.32. The number of anilines is 2. The van der Waals surface area contributed by atoms with Crippen LogP contribution in [-0.4, -0.2) is 26.5 Å². The number of imide groups is 1. The van der Waals surface area contributed by atoms with Gasteiger partial charge in [-0.3, -0.25) is 14.3 Å². The number of carbonyl (C=O) groups is 2. The number of amides is 2. The van der Waals surface area contributed by atoms with E-state index in [9.17, 15) is 22.4 Å². The van der Waals surface area contributed by atoms with Crippen LogP contribution in [0.4, 0.5) is 15.8 Å². The number of sulfonamides is 1. The highest BCUT2D eigenvalue weighted by Crippen LogP contribution is 2.34. The molecule has 0 atom stereocenters. The first-order chi connectivity index (χ1) is 10.8. The molecule has 6 nitrogen and oxygen atoms in total. The molecule has 1 N–H and O–H groups in total. The average molecular weight is 334 g/mol. The largest absolute Gasteiger partial charge is 0.282 e. The van der Waals surface area contributed by atoms with E-state index in [1.165, 1.54) is 12.1 Å². The van der Waals surface area contributed by atoms with Crippen LogP contribution in [0.2, 0.25) is 0 Å². The fraction of sp³-hybridized carbons (Fsp3) is 0.0667. The van der Waals surface area contributed by atoms with Crippen molar-refractivity contribution < 1.29 is 22.4 Å². The Bertz CT molecular complexity index is 905.